The summed E-state index contributed by atoms with van der Waals surface area (Å²) >= 11 is 1.98. The fraction of sp³-hybridized carbons (Fsp3) is 0.538. The molecule has 0 bridgehead atoms. The first-order valence-corrected chi connectivity index (χ1v) is 7.22. The van der Waals surface area contributed by atoms with Crippen LogP contribution in [-0.4, -0.2) is 22.0 Å². The molecule has 1 fully saturated rings. The lowest BCUT2D eigenvalue weighted by Crippen LogP contribution is -2.33. The Morgan fingerprint density at radius 2 is 2.33 bits per heavy atom. The lowest BCUT2D eigenvalue weighted by Gasteiger charge is -2.17. The molecule has 1 heterocycles. The second-order valence-electron chi connectivity index (χ2n) is 4.67. The Labute approximate surface area is 111 Å². The highest BCUT2D eigenvalue weighted by Crippen LogP contribution is 2.27. The highest BCUT2D eigenvalue weighted by Gasteiger charge is 2.23. The lowest BCUT2D eigenvalue weighted by molar-refractivity contribution is -0.385. The second kappa shape index (κ2) is 5.71. The third-order valence-corrected chi connectivity index (χ3v) is 4.87. The Bertz CT molecular complexity index is 451. The number of nitrogens with zero attached hydrogens (tertiary/aromatic N) is 1. The van der Waals surface area contributed by atoms with E-state index in [9.17, 15) is 10.1 Å². The molecule has 1 aromatic carbocycles. The van der Waals surface area contributed by atoms with E-state index in [-0.39, 0.29) is 10.6 Å². The summed E-state index contributed by atoms with van der Waals surface area (Å²) in [6.45, 7) is 4.76. The molecular weight excluding hydrogens is 248 g/mol. The molecule has 98 valence electrons. The van der Waals surface area contributed by atoms with Crippen molar-refractivity contribution in [1.82, 2.24) is 5.32 Å². The number of nitro benzene ring substituents is 1. The van der Waals surface area contributed by atoms with E-state index in [2.05, 4.69) is 12.2 Å². The molecule has 0 aliphatic carbocycles. The van der Waals surface area contributed by atoms with Crippen molar-refractivity contribution in [2.45, 2.75) is 38.1 Å². The zero-order valence-electron chi connectivity index (χ0n) is 10.7. The minimum Gasteiger partial charge on any atom is -0.309 e. The van der Waals surface area contributed by atoms with Crippen molar-refractivity contribution in [1.29, 1.82) is 0 Å². The molecule has 2 rings (SSSR count). The summed E-state index contributed by atoms with van der Waals surface area (Å²) in [4.78, 5) is 10.6. The third-order valence-electron chi connectivity index (χ3n) is 3.55. The molecule has 1 N–H and O–H groups in total. The number of thioether (sulfide) groups is 1. The van der Waals surface area contributed by atoms with Crippen molar-refractivity contribution in [3.63, 3.8) is 0 Å². The number of hydrogen-bond donors (Lipinski definition) is 1. The molecule has 0 amide bonds. The van der Waals surface area contributed by atoms with Crippen LogP contribution in [0.5, 0.6) is 0 Å². The smallest absolute Gasteiger partial charge is 0.272 e. The average molecular weight is 266 g/mol. The van der Waals surface area contributed by atoms with Gasteiger partial charge in [-0.05, 0) is 24.7 Å². The van der Waals surface area contributed by atoms with Crippen LogP contribution in [-0.2, 0) is 6.54 Å². The van der Waals surface area contributed by atoms with Crippen LogP contribution in [0.4, 0.5) is 5.69 Å². The van der Waals surface area contributed by atoms with E-state index in [1.54, 1.807) is 12.1 Å². The Kier molecular flexibility index (Phi) is 4.24. The zero-order chi connectivity index (χ0) is 13.1. The monoisotopic (exact) mass is 266 g/mol. The van der Waals surface area contributed by atoms with Gasteiger partial charge in [-0.1, -0.05) is 19.1 Å². The number of benzene rings is 1. The Balaban J connectivity index is 2.05. The number of nitro groups is 1. The van der Waals surface area contributed by atoms with E-state index in [4.69, 9.17) is 0 Å². The molecule has 0 saturated carbocycles. The predicted octanol–water partition coefficient (Wildman–Crippen LogP) is 2.89. The van der Waals surface area contributed by atoms with Crippen LogP contribution in [0.15, 0.2) is 18.2 Å². The van der Waals surface area contributed by atoms with Crippen LogP contribution >= 0.6 is 11.8 Å². The van der Waals surface area contributed by atoms with Gasteiger partial charge in [0.25, 0.3) is 5.69 Å². The summed E-state index contributed by atoms with van der Waals surface area (Å²) in [6.07, 6.45) is 1.18. The summed E-state index contributed by atoms with van der Waals surface area (Å²) in [6, 6.07) is 5.80. The van der Waals surface area contributed by atoms with Gasteiger partial charge in [-0.15, -0.1) is 0 Å². The van der Waals surface area contributed by atoms with Crippen LogP contribution in [0.25, 0.3) is 0 Å². The third kappa shape index (κ3) is 2.84. The molecule has 18 heavy (non-hydrogen) atoms. The highest BCUT2D eigenvalue weighted by molar-refractivity contribution is 8.00. The number of nitrogens with one attached hydrogen (secondary N) is 1. The van der Waals surface area contributed by atoms with Gasteiger partial charge in [-0.25, -0.2) is 0 Å². The van der Waals surface area contributed by atoms with Crippen molar-refractivity contribution < 1.29 is 4.92 Å². The second-order valence-corrected chi connectivity index (χ2v) is 6.16. The summed E-state index contributed by atoms with van der Waals surface area (Å²) in [5, 5.41) is 15.0. The molecule has 4 nitrogen and oxygen atoms in total. The van der Waals surface area contributed by atoms with Crippen molar-refractivity contribution >= 4 is 17.4 Å². The fourth-order valence-electron chi connectivity index (χ4n) is 2.30. The predicted molar refractivity (Wildman–Crippen MR) is 75.0 cm³/mol. The zero-order valence-corrected chi connectivity index (χ0v) is 11.5. The maximum Gasteiger partial charge on any atom is 0.272 e. The highest BCUT2D eigenvalue weighted by atomic mass is 32.2. The standard InChI is InChI=1S/C13H18N2O2S/c1-9-11(4-3-5-13(9)15(16)17)8-14-12-6-7-18-10(12)2/h3-5,10,12,14H,6-8H2,1-2H3. The molecule has 5 heteroatoms. The van der Waals surface area contributed by atoms with Crippen LogP contribution in [0.1, 0.15) is 24.5 Å². The SMILES string of the molecule is Cc1c(CNC2CCSC2C)cccc1[N+](=O)[O-]. The van der Waals surface area contributed by atoms with Crippen molar-refractivity contribution in [3.05, 3.63) is 39.4 Å². The maximum absolute atomic E-state index is 10.9. The van der Waals surface area contributed by atoms with Gasteiger partial charge in [-0.2, -0.15) is 11.8 Å². The van der Waals surface area contributed by atoms with Crippen LogP contribution in [0.3, 0.4) is 0 Å². The Morgan fingerprint density at radius 3 is 2.94 bits per heavy atom. The molecule has 0 radical (unpaired) electrons. The van der Waals surface area contributed by atoms with Gasteiger partial charge in [0.15, 0.2) is 0 Å². The first kappa shape index (κ1) is 13.4. The molecule has 1 aromatic rings. The van der Waals surface area contributed by atoms with Gasteiger partial charge >= 0.3 is 0 Å². The minimum absolute atomic E-state index is 0.211. The normalized spacial score (nSPS) is 23.2. The summed E-state index contributed by atoms with van der Waals surface area (Å²) in [7, 11) is 0. The Hall–Kier alpha value is -1.07. The first-order chi connectivity index (χ1) is 8.59. The van der Waals surface area contributed by atoms with Crippen LogP contribution < -0.4 is 5.32 Å². The summed E-state index contributed by atoms with van der Waals surface area (Å²) < 4.78 is 0. The molecular formula is C13H18N2O2S. The maximum atomic E-state index is 10.9. The fourth-order valence-corrected chi connectivity index (χ4v) is 3.53. The van der Waals surface area contributed by atoms with Crippen molar-refractivity contribution in [2.24, 2.45) is 0 Å². The van der Waals surface area contributed by atoms with Gasteiger partial charge in [0.2, 0.25) is 0 Å². The molecule has 2 atom stereocenters. The van der Waals surface area contributed by atoms with Gasteiger partial charge < -0.3 is 5.32 Å². The molecule has 1 aliphatic heterocycles. The van der Waals surface area contributed by atoms with Gasteiger partial charge in [-0.3, -0.25) is 10.1 Å². The Morgan fingerprint density at radius 1 is 1.56 bits per heavy atom. The van der Waals surface area contributed by atoms with Crippen LogP contribution in [0.2, 0.25) is 0 Å². The van der Waals surface area contributed by atoms with E-state index < -0.39 is 0 Å². The first-order valence-electron chi connectivity index (χ1n) is 6.17. The van der Waals surface area contributed by atoms with E-state index in [1.807, 2.05) is 24.8 Å². The van der Waals surface area contributed by atoms with Crippen molar-refractivity contribution in [3.8, 4) is 0 Å². The molecule has 2 unspecified atom stereocenters. The molecule has 1 saturated heterocycles. The van der Waals surface area contributed by atoms with E-state index >= 15 is 0 Å². The van der Waals surface area contributed by atoms with Gasteiger partial charge in [0, 0.05) is 29.5 Å². The molecule has 1 aliphatic rings. The van der Waals surface area contributed by atoms with Crippen LogP contribution in [0, 0.1) is 17.0 Å². The van der Waals surface area contributed by atoms with E-state index in [1.165, 1.54) is 12.2 Å². The molecule has 0 spiro atoms. The largest absolute Gasteiger partial charge is 0.309 e. The van der Waals surface area contributed by atoms with Gasteiger partial charge in [0.05, 0.1) is 4.92 Å². The molecule has 0 aromatic heterocycles. The minimum atomic E-state index is -0.313. The number of hydrogen-bond acceptors (Lipinski definition) is 4. The van der Waals surface area contributed by atoms with E-state index in [0.717, 1.165) is 11.1 Å². The quantitative estimate of drug-likeness (QED) is 0.672. The van der Waals surface area contributed by atoms with Gasteiger partial charge in [0.1, 0.15) is 0 Å². The topological polar surface area (TPSA) is 55.2 Å². The summed E-state index contributed by atoms with van der Waals surface area (Å²) in [5.41, 5.74) is 2.00. The summed E-state index contributed by atoms with van der Waals surface area (Å²) in [5.74, 6) is 1.20. The van der Waals surface area contributed by atoms with Crippen molar-refractivity contribution in [2.75, 3.05) is 5.75 Å². The van der Waals surface area contributed by atoms with E-state index in [0.29, 0.717) is 17.8 Å². The average Bonchev–Trinajstić information content (AvgIpc) is 2.73. The lowest BCUT2D eigenvalue weighted by atomic mass is 10.1. The number of rotatable bonds is 4.